The Labute approximate surface area is 211 Å². The van der Waals surface area contributed by atoms with Crippen molar-refractivity contribution in [2.75, 3.05) is 0 Å². The molecule has 0 fully saturated rings. The van der Waals surface area contributed by atoms with E-state index >= 15 is 0 Å². The monoisotopic (exact) mass is 582 g/mol. The first kappa shape index (κ1) is 26.4. The van der Waals surface area contributed by atoms with Crippen molar-refractivity contribution in [2.45, 2.75) is 23.3 Å². The van der Waals surface area contributed by atoms with Crippen LogP contribution in [0.15, 0.2) is 66.7 Å². The molecule has 1 heterocycles. The molecule has 3 nitrogen and oxygen atoms in total. The lowest BCUT2D eigenvalue weighted by Gasteiger charge is -2.32. The van der Waals surface area contributed by atoms with Crippen LogP contribution in [-0.2, 0) is 10.1 Å². The van der Waals surface area contributed by atoms with Gasteiger partial charge in [0.15, 0.2) is 5.75 Å². The molecule has 0 atom stereocenters. The number of thiophene rings is 1. The average Bonchev–Trinajstić information content (AvgIpc) is 3.22. The molecule has 38 heavy (non-hydrogen) atoms. The minimum atomic E-state index is -7.39. The normalized spacial score (nSPS) is 14.1. The average molecular weight is 582 g/mol. The number of halogens is 9. The molecule has 0 radical (unpaired) electrons. The summed E-state index contributed by atoms with van der Waals surface area (Å²) in [5.74, 6) is -15.7. The van der Waals surface area contributed by atoms with Crippen LogP contribution in [0, 0.1) is 0 Å². The van der Waals surface area contributed by atoms with Crippen molar-refractivity contribution >= 4 is 63.2 Å². The van der Waals surface area contributed by atoms with E-state index in [0.717, 1.165) is 39.6 Å². The molecule has 0 aliphatic rings. The molecule has 0 amide bonds. The van der Waals surface area contributed by atoms with Gasteiger partial charge in [-0.05, 0) is 33.7 Å². The van der Waals surface area contributed by atoms with Gasteiger partial charge in [-0.2, -0.15) is 47.9 Å². The molecule has 0 spiro atoms. The highest BCUT2D eigenvalue weighted by Gasteiger charge is 2.86. The second-order valence-corrected chi connectivity index (χ2v) is 10.9. The van der Waals surface area contributed by atoms with Crippen LogP contribution in [0.4, 0.5) is 39.5 Å². The Hall–Kier alpha value is -3.26. The van der Waals surface area contributed by atoms with Gasteiger partial charge in [0, 0.05) is 15.5 Å². The van der Waals surface area contributed by atoms with Gasteiger partial charge in [0.2, 0.25) is 0 Å². The first-order valence-corrected chi connectivity index (χ1v) is 12.6. The molecule has 200 valence electrons. The summed E-state index contributed by atoms with van der Waals surface area (Å²) < 4.78 is 149. The van der Waals surface area contributed by atoms with Gasteiger partial charge < -0.3 is 4.18 Å². The molecule has 14 heteroatoms. The molecular weight excluding hydrogens is 571 g/mol. The van der Waals surface area contributed by atoms with Crippen molar-refractivity contribution in [1.82, 2.24) is 0 Å². The van der Waals surface area contributed by atoms with E-state index in [1.54, 1.807) is 24.3 Å². The molecule has 0 bridgehead atoms. The summed E-state index contributed by atoms with van der Waals surface area (Å²) in [6.07, 6.45) is -7.18. The number of benzene rings is 4. The maximum atomic E-state index is 14.2. The van der Waals surface area contributed by atoms with Crippen LogP contribution in [0.3, 0.4) is 0 Å². The molecular formula is C24H11F9O3S2. The van der Waals surface area contributed by atoms with Gasteiger partial charge >= 0.3 is 33.4 Å². The third-order valence-corrected chi connectivity index (χ3v) is 8.43. The lowest BCUT2D eigenvalue weighted by Crippen LogP contribution is -2.63. The number of rotatable bonds is 5. The van der Waals surface area contributed by atoms with Crippen molar-refractivity contribution in [2.24, 2.45) is 0 Å². The predicted molar refractivity (Wildman–Crippen MR) is 125 cm³/mol. The van der Waals surface area contributed by atoms with Gasteiger partial charge in [-0.15, -0.1) is 11.3 Å². The summed E-state index contributed by atoms with van der Waals surface area (Å²) in [7, 11) is -7.08. The van der Waals surface area contributed by atoms with Gasteiger partial charge in [-0.1, -0.05) is 54.6 Å². The Morgan fingerprint density at radius 1 is 0.632 bits per heavy atom. The van der Waals surface area contributed by atoms with E-state index in [1.807, 2.05) is 24.3 Å². The predicted octanol–water partition coefficient (Wildman–Crippen LogP) is 8.50. The van der Waals surface area contributed by atoms with Gasteiger partial charge in [0.1, 0.15) is 0 Å². The maximum Gasteiger partial charge on any atom is 0.460 e. The number of hydrogen-bond donors (Lipinski definition) is 0. The summed E-state index contributed by atoms with van der Waals surface area (Å²) >= 11 is 0.830. The molecule has 5 rings (SSSR count). The van der Waals surface area contributed by atoms with E-state index in [2.05, 4.69) is 4.18 Å². The molecule has 5 aromatic rings. The van der Waals surface area contributed by atoms with Crippen LogP contribution in [0.1, 0.15) is 0 Å². The second kappa shape index (κ2) is 8.12. The fraction of sp³-hybridized carbons (Fsp3) is 0.167. The summed E-state index contributed by atoms with van der Waals surface area (Å²) in [6, 6.07) is 17.7. The van der Waals surface area contributed by atoms with E-state index in [9.17, 15) is 47.9 Å². The standard InChI is InChI=1S/C24H11F9O3S2/c25-21(26,23(29,30)31)22(27,28)24(32,33)38(34,35)36-16-7-3-6-15-19-17(37-20(15)16)11-10-13-9-8-12-4-1-2-5-14(12)18(13)19/h1-11H. The molecule has 1 aromatic heterocycles. The van der Waals surface area contributed by atoms with E-state index in [-0.39, 0.29) is 10.1 Å². The number of fused-ring (bicyclic) bond motifs is 7. The van der Waals surface area contributed by atoms with Crippen molar-refractivity contribution in [3.05, 3.63) is 66.7 Å². The van der Waals surface area contributed by atoms with Crippen LogP contribution >= 0.6 is 11.3 Å². The fourth-order valence-corrected chi connectivity index (χ4v) is 6.25. The largest absolute Gasteiger partial charge is 0.460 e. The molecule has 0 N–H and O–H groups in total. The molecule has 4 aromatic carbocycles. The lowest BCUT2D eigenvalue weighted by molar-refractivity contribution is -0.382. The zero-order chi connectivity index (χ0) is 27.9. The SMILES string of the molecule is O=S(=O)(Oc1cccc2c1sc1ccc3ccc4ccccc4c3c12)C(F)(F)C(F)(F)C(F)(F)C(F)(F)F. The third kappa shape index (κ3) is 3.52. The summed E-state index contributed by atoms with van der Waals surface area (Å²) in [6.45, 7) is 0. The Morgan fingerprint density at radius 3 is 1.92 bits per heavy atom. The van der Waals surface area contributed by atoms with E-state index in [1.165, 1.54) is 6.07 Å². The summed E-state index contributed by atoms with van der Waals surface area (Å²) in [4.78, 5) is 0. The molecule has 0 unspecified atom stereocenters. The highest BCUT2D eigenvalue weighted by molar-refractivity contribution is 7.88. The zero-order valence-electron chi connectivity index (χ0n) is 18.3. The minimum Gasteiger partial charge on any atom is -0.376 e. The Balaban J connectivity index is 1.69. The van der Waals surface area contributed by atoms with Crippen LogP contribution in [0.5, 0.6) is 5.75 Å². The number of hydrogen-bond acceptors (Lipinski definition) is 4. The third-order valence-electron chi connectivity index (χ3n) is 5.96. The zero-order valence-corrected chi connectivity index (χ0v) is 19.9. The Bertz CT molecular complexity index is 1840. The maximum absolute atomic E-state index is 14.2. The van der Waals surface area contributed by atoms with Gasteiger partial charge in [-0.25, -0.2) is 0 Å². The highest BCUT2D eigenvalue weighted by atomic mass is 32.2. The summed E-state index contributed by atoms with van der Waals surface area (Å²) in [5.41, 5.74) is 0. The van der Waals surface area contributed by atoms with E-state index in [0.29, 0.717) is 15.5 Å². The first-order valence-electron chi connectivity index (χ1n) is 10.4. The van der Waals surface area contributed by atoms with Crippen LogP contribution < -0.4 is 4.18 Å². The smallest absolute Gasteiger partial charge is 0.376 e. The van der Waals surface area contributed by atoms with Crippen molar-refractivity contribution in [3.63, 3.8) is 0 Å². The van der Waals surface area contributed by atoms with Crippen molar-refractivity contribution in [3.8, 4) is 5.75 Å². The van der Waals surface area contributed by atoms with Crippen LogP contribution in [-0.4, -0.2) is 31.7 Å². The first-order chi connectivity index (χ1) is 17.5. The van der Waals surface area contributed by atoms with Crippen molar-refractivity contribution in [1.29, 1.82) is 0 Å². The van der Waals surface area contributed by atoms with Crippen LogP contribution in [0.25, 0.3) is 41.7 Å². The highest BCUT2D eigenvalue weighted by Crippen LogP contribution is 2.55. The van der Waals surface area contributed by atoms with Gasteiger partial charge in [-0.3, -0.25) is 0 Å². The quantitative estimate of drug-likeness (QED) is 0.119. The van der Waals surface area contributed by atoms with Crippen molar-refractivity contribution < 1.29 is 52.1 Å². The van der Waals surface area contributed by atoms with Gasteiger partial charge in [0.05, 0.1) is 4.70 Å². The lowest BCUT2D eigenvalue weighted by atomic mass is 9.98. The van der Waals surface area contributed by atoms with E-state index in [4.69, 9.17) is 0 Å². The minimum absolute atomic E-state index is 0.131. The molecule has 0 saturated carbocycles. The molecule has 0 saturated heterocycles. The summed E-state index contributed by atoms with van der Waals surface area (Å²) in [5, 5.41) is -3.06. The second-order valence-electron chi connectivity index (χ2n) is 8.26. The van der Waals surface area contributed by atoms with Gasteiger partial charge in [0.25, 0.3) is 0 Å². The molecule has 0 aliphatic heterocycles. The Morgan fingerprint density at radius 2 is 1.24 bits per heavy atom. The van der Waals surface area contributed by atoms with E-state index < -0.39 is 39.1 Å². The fourth-order valence-electron chi connectivity index (χ4n) is 4.11. The number of alkyl halides is 9. The Kier molecular flexibility index (Phi) is 5.63. The molecule has 0 aliphatic carbocycles. The van der Waals surface area contributed by atoms with Crippen LogP contribution in [0.2, 0.25) is 0 Å². The topological polar surface area (TPSA) is 43.4 Å².